The van der Waals surface area contributed by atoms with Gasteiger partial charge in [0.25, 0.3) is 0 Å². The molecule has 7 heteroatoms. The Hall–Kier alpha value is -2.38. The summed E-state index contributed by atoms with van der Waals surface area (Å²) in [7, 11) is 0. The summed E-state index contributed by atoms with van der Waals surface area (Å²) in [6.07, 6.45) is 1.36. The van der Waals surface area contributed by atoms with E-state index in [-0.39, 0.29) is 5.69 Å². The molecule has 0 unspecified atom stereocenters. The molecule has 0 aliphatic carbocycles. The van der Waals surface area contributed by atoms with Crippen molar-refractivity contribution < 1.29 is 4.92 Å². The lowest BCUT2D eigenvalue weighted by Crippen LogP contribution is -1.98. The molecule has 5 nitrogen and oxygen atoms in total. The van der Waals surface area contributed by atoms with Gasteiger partial charge in [-0.1, -0.05) is 59.9 Å². The van der Waals surface area contributed by atoms with Crippen LogP contribution in [0.2, 0.25) is 0 Å². The zero-order chi connectivity index (χ0) is 16.1. The van der Waals surface area contributed by atoms with Gasteiger partial charge in [0.05, 0.1) is 4.92 Å². The third-order valence-electron chi connectivity index (χ3n) is 2.85. The molecule has 0 radical (unpaired) electrons. The molecule has 1 heterocycles. The number of benzene rings is 2. The maximum atomic E-state index is 11.5. The summed E-state index contributed by atoms with van der Waals surface area (Å²) < 4.78 is 0. The molecule has 0 amide bonds. The summed E-state index contributed by atoms with van der Waals surface area (Å²) >= 11 is 2.52. The molecule has 0 saturated heterocycles. The molecule has 0 N–H and O–H groups in total. The number of nitrogens with zero attached hydrogens (tertiary/aromatic N) is 3. The summed E-state index contributed by atoms with van der Waals surface area (Å²) in [6.45, 7) is 0. The first-order valence-electron chi connectivity index (χ1n) is 6.69. The van der Waals surface area contributed by atoms with Gasteiger partial charge in [-0.2, -0.15) is 0 Å². The normalized spacial score (nSPS) is 10.4. The van der Waals surface area contributed by atoms with Crippen LogP contribution in [0.15, 0.2) is 86.8 Å². The van der Waals surface area contributed by atoms with Gasteiger partial charge in [0.1, 0.15) is 6.33 Å². The molecule has 0 spiro atoms. The van der Waals surface area contributed by atoms with E-state index in [4.69, 9.17) is 0 Å². The number of hydrogen-bond donors (Lipinski definition) is 0. The fourth-order valence-electron chi connectivity index (χ4n) is 1.85. The van der Waals surface area contributed by atoms with Crippen LogP contribution in [0.4, 0.5) is 5.69 Å². The van der Waals surface area contributed by atoms with Crippen LogP contribution in [0.25, 0.3) is 0 Å². The van der Waals surface area contributed by atoms with Gasteiger partial charge >= 0.3 is 5.69 Å². The smallest absolute Gasteiger partial charge is 0.258 e. The maximum absolute atomic E-state index is 11.5. The van der Waals surface area contributed by atoms with E-state index in [1.54, 1.807) is 0 Å². The standard InChI is InChI=1S/C16H11N3O2S2/c20-19(21)14-15(22-12-7-3-1-4-8-12)17-11-18-16(14)23-13-9-5-2-6-10-13/h1-11H. The van der Waals surface area contributed by atoms with Crippen LogP contribution in [-0.4, -0.2) is 14.9 Å². The monoisotopic (exact) mass is 341 g/mol. The first kappa shape index (κ1) is 15.5. The van der Waals surface area contributed by atoms with Crippen LogP contribution < -0.4 is 0 Å². The summed E-state index contributed by atoms with van der Waals surface area (Å²) in [4.78, 5) is 21.1. The van der Waals surface area contributed by atoms with Gasteiger partial charge < -0.3 is 0 Å². The lowest BCUT2D eigenvalue weighted by atomic mass is 10.4. The topological polar surface area (TPSA) is 68.9 Å². The largest absolute Gasteiger partial charge is 0.333 e. The highest BCUT2D eigenvalue weighted by Gasteiger charge is 2.24. The summed E-state index contributed by atoms with van der Waals surface area (Å²) in [5.74, 6) is 0. The van der Waals surface area contributed by atoms with E-state index < -0.39 is 4.92 Å². The zero-order valence-corrected chi connectivity index (χ0v) is 13.5. The molecule has 0 saturated carbocycles. The maximum Gasteiger partial charge on any atom is 0.333 e. The molecule has 0 atom stereocenters. The molecule has 1 aromatic heterocycles. The lowest BCUT2D eigenvalue weighted by molar-refractivity contribution is -0.391. The van der Waals surface area contributed by atoms with Gasteiger partial charge in [-0.25, -0.2) is 9.97 Å². The second kappa shape index (κ2) is 7.26. The number of nitro groups is 1. The lowest BCUT2D eigenvalue weighted by Gasteiger charge is -2.06. The van der Waals surface area contributed by atoms with Crippen molar-refractivity contribution in [3.8, 4) is 0 Å². The average molecular weight is 341 g/mol. The molecule has 2 aromatic carbocycles. The van der Waals surface area contributed by atoms with Gasteiger partial charge in [-0.15, -0.1) is 0 Å². The molecule has 0 aliphatic rings. The molecule has 3 rings (SSSR count). The fraction of sp³-hybridized carbons (Fsp3) is 0. The van der Waals surface area contributed by atoms with Gasteiger partial charge in [0.2, 0.25) is 0 Å². The van der Waals surface area contributed by atoms with E-state index in [9.17, 15) is 10.1 Å². The Morgan fingerprint density at radius 3 is 1.61 bits per heavy atom. The van der Waals surface area contributed by atoms with Crippen LogP contribution in [0, 0.1) is 10.1 Å². The Bertz CT molecular complexity index is 754. The Balaban J connectivity index is 1.97. The van der Waals surface area contributed by atoms with Crippen molar-refractivity contribution in [3.63, 3.8) is 0 Å². The van der Waals surface area contributed by atoms with Crippen LogP contribution in [-0.2, 0) is 0 Å². The Labute approximate surface area is 141 Å². The number of aromatic nitrogens is 2. The minimum atomic E-state index is -0.420. The fourth-order valence-corrected chi connectivity index (χ4v) is 3.69. The van der Waals surface area contributed by atoms with E-state index in [1.165, 1.54) is 29.9 Å². The van der Waals surface area contributed by atoms with E-state index in [1.807, 2.05) is 60.7 Å². The molecule has 114 valence electrons. The van der Waals surface area contributed by atoms with Gasteiger partial charge in [0.15, 0.2) is 10.1 Å². The van der Waals surface area contributed by atoms with Crippen molar-refractivity contribution in [2.45, 2.75) is 19.8 Å². The van der Waals surface area contributed by atoms with E-state index in [0.29, 0.717) is 10.1 Å². The van der Waals surface area contributed by atoms with Crippen molar-refractivity contribution in [3.05, 3.63) is 77.1 Å². The molecule has 3 aromatic rings. The van der Waals surface area contributed by atoms with Crippen LogP contribution >= 0.6 is 23.5 Å². The number of hydrogen-bond acceptors (Lipinski definition) is 6. The van der Waals surface area contributed by atoms with Crippen LogP contribution in [0.1, 0.15) is 0 Å². The highest BCUT2D eigenvalue weighted by Crippen LogP contribution is 2.39. The van der Waals surface area contributed by atoms with E-state index >= 15 is 0 Å². The van der Waals surface area contributed by atoms with Crippen molar-refractivity contribution in [1.82, 2.24) is 9.97 Å². The molecular formula is C16H11N3O2S2. The highest BCUT2D eigenvalue weighted by atomic mass is 32.2. The average Bonchev–Trinajstić information content (AvgIpc) is 2.56. The van der Waals surface area contributed by atoms with Crippen LogP contribution in [0.3, 0.4) is 0 Å². The third kappa shape index (κ3) is 3.88. The van der Waals surface area contributed by atoms with Crippen molar-refractivity contribution in [2.24, 2.45) is 0 Å². The second-order valence-electron chi connectivity index (χ2n) is 4.42. The van der Waals surface area contributed by atoms with Gasteiger partial charge in [-0.05, 0) is 24.3 Å². The Morgan fingerprint density at radius 2 is 1.22 bits per heavy atom. The Morgan fingerprint density at radius 1 is 0.783 bits per heavy atom. The summed E-state index contributed by atoms with van der Waals surface area (Å²) in [5.41, 5.74) is -0.0600. The van der Waals surface area contributed by atoms with Gasteiger partial charge in [0, 0.05) is 9.79 Å². The predicted octanol–water partition coefficient (Wildman–Crippen LogP) is 4.69. The first-order valence-corrected chi connectivity index (χ1v) is 8.32. The van der Waals surface area contributed by atoms with E-state index in [2.05, 4.69) is 9.97 Å². The van der Waals surface area contributed by atoms with Crippen molar-refractivity contribution in [2.75, 3.05) is 0 Å². The van der Waals surface area contributed by atoms with Crippen LogP contribution in [0.5, 0.6) is 0 Å². The Kier molecular flexibility index (Phi) is 4.89. The van der Waals surface area contributed by atoms with Crippen molar-refractivity contribution >= 4 is 29.2 Å². The first-order chi connectivity index (χ1) is 11.2. The summed E-state index contributed by atoms with van der Waals surface area (Å²) in [6, 6.07) is 18.9. The molecule has 0 fully saturated rings. The second-order valence-corrected chi connectivity index (χ2v) is 6.54. The molecule has 23 heavy (non-hydrogen) atoms. The third-order valence-corrected chi connectivity index (χ3v) is 4.85. The minimum Gasteiger partial charge on any atom is -0.258 e. The quantitative estimate of drug-likeness (QED) is 0.381. The zero-order valence-electron chi connectivity index (χ0n) is 11.8. The van der Waals surface area contributed by atoms with E-state index in [0.717, 1.165) is 9.79 Å². The highest BCUT2D eigenvalue weighted by molar-refractivity contribution is 8.00. The summed E-state index contributed by atoms with van der Waals surface area (Å²) in [5, 5.41) is 12.2. The predicted molar refractivity (Wildman–Crippen MR) is 89.8 cm³/mol. The molecular weight excluding hydrogens is 330 g/mol. The SMILES string of the molecule is O=[N+]([O-])c1c(Sc2ccccc2)ncnc1Sc1ccccc1. The van der Waals surface area contributed by atoms with Gasteiger partial charge in [-0.3, -0.25) is 10.1 Å². The molecule has 0 bridgehead atoms. The van der Waals surface area contributed by atoms with Crippen molar-refractivity contribution in [1.29, 1.82) is 0 Å². The number of rotatable bonds is 5. The minimum absolute atomic E-state index is 0.0600. The molecule has 0 aliphatic heterocycles.